The summed E-state index contributed by atoms with van der Waals surface area (Å²) in [6, 6.07) is 7.01. The summed E-state index contributed by atoms with van der Waals surface area (Å²) in [6.07, 6.45) is 38.4. The molecule has 7 aliphatic carbocycles. The van der Waals surface area contributed by atoms with Crippen molar-refractivity contribution in [2.45, 2.75) is 76.2 Å². The zero-order valence-corrected chi connectivity index (χ0v) is 29.8. The van der Waals surface area contributed by atoms with Crippen LogP contribution in [0.4, 0.5) is 0 Å². The maximum Gasteiger partial charge on any atom is 0.162 e. The number of benzene rings is 1. The van der Waals surface area contributed by atoms with E-state index in [1.54, 1.807) is 11.9 Å². The molecular weight excluding hydrogens is 639 g/mol. The van der Waals surface area contributed by atoms with E-state index < -0.39 is 0 Å². The summed E-state index contributed by atoms with van der Waals surface area (Å²) in [4.78, 5) is 14.4. The fourth-order valence-electron chi connectivity index (χ4n) is 9.97. The van der Waals surface area contributed by atoms with Gasteiger partial charge < -0.3 is 9.15 Å². The van der Waals surface area contributed by atoms with Crippen LogP contribution in [0.2, 0.25) is 0 Å². The normalized spacial score (nSPS) is 32.1. The minimum atomic E-state index is 0.102. The van der Waals surface area contributed by atoms with Crippen molar-refractivity contribution < 1.29 is 9.15 Å². The lowest BCUT2D eigenvalue weighted by molar-refractivity contribution is 0.178. The zero-order chi connectivity index (χ0) is 34.5. The molecule has 0 spiro atoms. The number of furan rings is 1. The average molecular weight is 682 g/mol. The van der Waals surface area contributed by atoms with Crippen LogP contribution in [0.1, 0.15) is 98.7 Å². The topological polar surface area (TPSA) is 61.0 Å². The Balaban J connectivity index is 0.964. The molecule has 2 aromatic heterocycles. The maximum absolute atomic E-state index is 6.98. The van der Waals surface area contributed by atoms with Crippen molar-refractivity contribution in [3.63, 3.8) is 0 Å². The number of fused-ring (bicyclic) bond motifs is 9. The van der Waals surface area contributed by atoms with E-state index in [0.29, 0.717) is 23.7 Å². The van der Waals surface area contributed by atoms with Gasteiger partial charge in [0, 0.05) is 51.3 Å². The highest BCUT2D eigenvalue weighted by Gasteiger charge is 2.57. The predicted molar refractivity (Wildman–Crippen MR) is 206 cm³/mol. The van der Waals surface area contributed by atoms with Gasteiger partial charge in [-0.3, -0.25) is 0 Å². The van der Waals surface area contributed by atoms with Crippen LogP contribution in [0.3, 0.4) is 0 Å². The molecule has 6 unspecified atom stereocenters. The molecule has 1 saturated heterocycles. The second-order valence-corrected chi connectivity index (χ2v) is 16.0. The number of ether oxygens (including phenoxy) is 1. The van der Waals surface area contributed by atoms with Gasteiger partial charge >= 0.3 is 0 Å². The van der Waals surface area contributed by atoms with E-state index in [-0.39, 0.29) is 23.9 Å². The number of aromatic nitrogens is 3. The molecule has 1 aliphatic heterocycles. The van der Waals surface area contributed by atoms with Gasteiger partial charge in [0.2, 0.25) is 0 Å². The molecule has 5 heteroatoms. The van der Waals surface area contributed by atoms with Gasteiger partial charge in [0.1, 0.15) is 35.4 Å². The van der Waals surface area contributed by atoms with Crippen molar-refractivity contribution >= 4 is 22.1 Å². The minimum absolute atomic E-state index is 0.102. The summed E-state index contributed by atoms with van der Waals surface area (Å²) in [5.74, 6) is 6.34. The summed E-state index contributed by atoms with van der Waals surface area (Å²) in [5, 5.41) is 1.22. The Kier molecular flexibility index (Phi) is 6.91. The van der Waals surface area contributed by atoms with Gasteiger partial charge in [0.25, 0.3) is 0 Å². The fraction of sp³-hybridized carbons (Fsp3) is 0.340. The first kappa shape index (κ1) is 30.6. The standard InChI is InChI=1S/C47H43N3O2/c1-3-27-11-14-28-16-20-39-41(34(28)21-27)36-22-31(17-19-38(36)51-39)32-15-18-33-40(23-32)52-45-35(29-12-9-26(2)10-13-29)24-37-42(43(33)45)44(37)47-49-25-48-46(50-47)30-7-5-4-6-8-30/h5,7-9,11-16,18-20,22-27,31,37,39,41-42,44H,3-4,6,10,17,21H2,1-2H3/t26-,27?,31?,37?,39?,41?,42?,44+/m0/s1. The number of hydrogen-bond donors (Lipinski definition) is 0. The molecule has 0 radical (unpaired) electrons. The van der Waals surface area contributed by atoms with Gasteiger partial charge in [-0.1, -0.05) is 98.4 Å². The monoisotopic (exact) mass is 681 g/mol. The highest BCUT2D eigenvalue weighted by Crippen LogP contribution is 2.67. The number of allylic oxidation sites excluding steroid dienone is 17. The van der Waals surface area contributed by atoms with Crippen molar-refractivity contribution in [3.05, 3.63) is 160 Å². The largest absolute Gasteiger partial charge is 0.485 e. The van der Waals surface area contributed by atoms with E-state index in [0.717, 1.165) is 66.4 Å². The summed E-state index contributed by atoms with van der Waals surface area (Å²) in [7, 11) is 0. The molecule has 258 valence electrons. The Hall–Kier alpha value is -5.03. The van der Waals surface area contributed by atoms with Crippen LogP contribution in [0.5, 0.6) is 0 Å². The van der Waals surface area contributed by atoms with E-state index >= 15 is 0 Å². The van der Waals surface area contributed by atoms with Crippen LogP contribution in [-0.2, 0) is 4.74 Å². The summed E-state index contributed by atoms with van der Waals surface area (Å²) >= 11 is 0. The van der Waals surface area contributed by atoms with Crippen molar-refractivity contribution in [1.82, 2.24) is 15.0 Å². The predicted octanol–water partition coefficient (Wildman–Crippen LogP) is 10.9. The quantitative estimate of drug-likeness (QED) is 0.268. The summed E-state index contributed by atoms with van der Waals surface area (Å²) in [6.45, 7) is 4.58. The lowest BCUT2D eigenvalue weighted by atomic mass is 9.73. The molecule has 8 atom stereocenters. The molecule has 2 fully saturated rings. The first-order chi connectivity index (χ1) is 25.6. The Morgan fingerprint density at radius 3 is 2.69 bits per heavy atom. The molecular formula is C47H43N3O2. The molecule has 11 rings (SSSR count). The summed E-state index contributed by atoms with van der Waals surface area (Å²) in [5.41, 5.74) is 11.5. The molecule has 52 heavy (non-hydrogen) atoms. The molecule has 3 heterocycles. The molecule has 3 aromatic rings. The molecule has 1 saturated carbocycles. The van der Waals surface area contributed by atoms with Crippen LogP contribution < -0.4 is 0 Å². The molecule has 0 amide bonds. The molecule has 0 N–H and O–H groups in total. The van der Waals surface area contributed by atoms with Gasteiger partial charge in [-0.25, -0.2) is 15.0 Å². The van der Waals surface area contributed by atoms with Crippen LogP contribution in [0, 0.1) is 23.7 Å². The number of hydrogen-bond acceptors (Lipinski definition) is 5. The minimum Gasteiger partial charge on any atom is -0.485 e. The fourth-order valence-corrected chi connectivity index (χ4v) is 9.97. The van der Waals surface area contributed by atoms with Gasteiger partial charge in [0.15, 0.2) is 5.82 Å². The second kappa shape index (κ2) is 11.7. The van der Waals surface area contributed by atoms with Gasteiger partial charge in [-0.15, -0.1) is 0 Å². The third kappa shape index (κ3) is 4.77. The highest BCUT2D eigenvalue weighted by molar-refractivity contribution is 5.95. The van der Waals surface area contributed by atoms with Crippen molar-refractivity contribution in [2.75, 3.05) is 0 Å². The van der Waals surface area contributed by atoms with Gasteiger partial charge in [-0.2, -0.15) is 0 Å². The van der Waals surface area contributed by atoms with E-state index in [2.05, 4.69) is 116 Å². The Bertz CT molecular complexity index is 2370. The third-order valence-electron chi connectivity index (χ3n) is 12.9. The molecule has 5 nitrogen and oxygen atoms in total. The molecule has 1 aromatic carbocycles. The van der Waals surface area contributed by atoms with E-state index in [1.807, 2.05) is 0 Å². The van der Waals surface area contributed by atoms with Gasteiger partial charge in [-0.05, 0) is 91.2 Å². The highest BCUT2D eigenvalue weighted by atomic mass is 16.5. The Morgan fingerprint density at radius 1 is 0.885 bits per heavy atom. The maximum atomic E-state index is 6.98. The third-order valence-corrected chi connectivity index (χ3v) is 12.9. The summed E-state index contributed by atoms with van der Waals surface area (Å²) < 4.78 is 13.6. The SMILES string of the molecule is CCC1C=CC2=C(C1)C1C3=CC(c4ccc5c6c(oc5c4)C(C4=CC[C@@H](C)C=C4)=CC4C6[C@@H]4c4ncnc(C5=CCCC=C5)n4)CC=C3OC1C=C2. The number of nitrogens with zero attached hydrogens (tertiary/aromatic N) is 3. The van der Waals surface area contributed by atoms with E-state index in [9.17, 15) is 0 Å². The smallest absolute Gasteiger partial charge is 0.162 e. The van der Waals surface area contributed by atoms with Crippen LogP contribution in [0.15, 0.2) is 136 Å². The van der Waals surface area contributed by atoms with Crippen LogP contribution >= 0.6 is 0 Å². The lowest BCUT2D eigenvalue weighted by Gasteiger charge is -2.30. The van der Waals surface area contributed by atoms with Crippen LogP contribution in [0.25, 0.3) is 22.1 Å². The Morgan fingerprint density at radius 2 is 1.83 bits per heavy atom. The Labute approximate surface area is 305 Å². The molecule has 8 aliphatic rings. The van der Waals surface area contributed by atoms with Gasteiger partial charge in [0.05, 0.1) is 0 Å². The second-order valence-electron chi connectivity index (χ2n) is 16.0. The van der Waals surface area contributed by atoms with Crippen molar-refractivity contribution in [1.29, 1.82) is 0 Å². The average Bonchev–Trinajstić information content (AvgIpc) is 3.59. The van der Waals surface area contributed by atoms with Crippen LogP contribution in [-0.4, -0.2) is 21.1 Å². The van der Waals surface area contributed by atoms with E-state index in [4.69, 9.17) is 19.1 Å². The first-order valence-corrected chi connectivity index (χ1v) is 19.5. The lowest BCUT2D eigenvalue weighted by Crippen LogP contribution is -2.24. The van der Waals surface area contributed by atoms with Crippen molar-refractivity contribution in [2.24, 2.45) is 23.7 Å². The zero-order valence-electron chi connectivity index (χ0n) is 29.8. The number of rotatable bonds is 5. The van der Waals surface area contributed by atoms with E-state index in [1.165, 1.54) is 45.2 Å². The van der Waals surface area contributed by atoms with Crippen molar-refractivity contribution in [3.8, 4) is 0 Å². The first-order valence-electron chi connectivity index (χ1n) is 19.5. The molecule has 0 bridgehead atoms.